The van der Waals surface area contributed by atoms with E-state index in [0.717, 1.165) is 0 Å². The standard InChI is InChI=1S/3Cs.FO3Si/c;;;1-5(2,3)4/q3*+1;-3. The molecule has 0 bridgehead atoms. The van der Waals surface area contributed by atoms with E-state index in [9.17, 15) is 4.11 Å². The fraction of sp³-hybridized carbons (Fsp3) is 0. The van der Waals surface area contributed by atoms with Crippen molar-refractivity contribution in [2.45, 2.75) is 0 Å². The predicted octanol–water partition coefficient (Wildman–Crippen LogP) is -12.5. The second-order valence-corrected chi connectivity index (χ2v) is 1.44. The van der Waals surface area contributed by atoms with Crippen molar-refractivity contribution < 1.29 is 225 Å². The third-order valence-electron chi connectivity index (χ3n) is 0. The van der Waals surface area contributed by atoms with Gasteiger partial charge in [0.25, 0.3) is 0 Å². The van der Waals surface area contributed by atoms with Crippen molar-refractivity contribution in [1.29, 1.82) is 0 Å². The Morgan fingerprint density at radius 3 is 0.875 bits per heavy atom. The van der Waals surface area contributed by atoms with Gasteiger partial charge in [-0.25, -0.2) is 0 Å². The van der Waals surface area contributed by atoms with Crippen molar-refractivity contribution in [2.75, 3.05) is 0 Å². The van der Waals surface area contributed by atoms with Gasteiger partial charge in [0.15, 0.2) is 0 Å². The van der Waals surface area contributed by atoms with Gasteiger partial charge in [-0.1, -0.05) is 9.14 Å². The van der Waals surface area contributed by atoms with E-state index in [-0.39, 0.29) is 207 Å². The number of hydrogen-bond donors (Lipinski definition) is 0. The van der Waals surface area contributed by atoms with Gasteiger partial charge in [0.2, 0.25) is 0 Å². The summed E-state index contributed by atoms with van der Waals surface area (Å²) >= 11 is 0. The summed E-state index contributed by atoms with van der Waals surface area (Å²) in [4.78, 5) is 25.4. The van der Waals surface area contributed by atoms with Gasteiger partial charge in [-0.2, -0.15) is 0 Å². The fourth-order valence-corrected chi connectivity index (χ4v) is 0. The minimum atomic E-state index is -5.86. The molecule has 0 heterocycles. The summed E-state index contributed by atoms with van der Waals surface area (Å²) < 4.78 is 10.2. The van der Waals surface area contributed by atoms with Gasteiger partial charge in [0.05, 0.1) is 0 Å². The SMILES string of the molecule is [Cs+].[Cs+].[Cs+].[O-][Si]([O-])([O-])F. The van der Waals surface area contributed by atoms with Gasteiger partial charge in [-0.05, 0) is 0 Å². The Balaban J connectivity index is -0.0000000267. The molecule has 0 saturated carbocycles. The van der Waals surface area contributed by atoms with Gasteiger partial charge in [0.1, 0.15) is 0 Å². The van der Waals surface area contributed by atoms with Crippen molar-refractivity contribution in [3.8, 4) is 0 Å². The van der Waals surface area contributed by atoms with Gasteiger partial charge >= 0.3 is 207 Å². The van der Waals surface area contributed by atoms with Crippen LogP contribution in [-0.2, 0) is 0 Å². The molecule has 0 saturated heterocycles. The summed E-state index contributed by atoms with van der Waals surface area (Å²) in [6.45, 7) is 0. The van der Waals surface area contributed by atoms with Crippen LogP contribution in [0.1, 0.15) is 0 Å². The Hall–Kier alpha value is 6.18. The van der Waals surface area contributed by atoms with E-state index < -0.39 is 9.14 Å². The van der Waals surface area contributed by atoms with Gasteiger partial charge < -0.3 is 18.5 Å². The molecule has 0 rings (SSSR count). The molecule has 0 fully saturated rings. The molecule has 0 N–H and O–H groups in total. The zero-order valence-corrected chi connectivity index (χ0v) is 24.9. The van der Waals surface area contributed by atoms with E-state index in [1.807, 2.05) is 0 Å². The summed E-state index contributed by atoms with van der Waals surface area (Å²) in [7, 11) is -5.86. The zero-order valence-electron chi connectivity index (χ0n) is 5.10. The van der Waals surface area contributed by atoms with Gasteiger partial charge in [0, 0.05) is 0 Å². The zero-order chi connectivity index (χ0) is 4.50. The topological polar surface area (TPSA) is 69.2 Å². The maximum absolute atomic E-state index is 10.2. The van der Waals surface area contributed by atoms with Crippen molar-refractivity contribution in [2.24, 2.45) is 0 Å². The normalized spacial score (nSPS) is 7.50. The first-order valence-corrected chi connectivity index (χ1v) is 2.40. The van der Waals surface area contributed by atoms with E-state index in [4.69, 9.17) is 14.4 Å². The Morgan fingerprint density at radius 1 is 0.875 bits per heavy atom. The molecule has 0 amide bonds. The van der Waals surface area contributed by atoms with Crippen molar-refractivity contribution in [1.82, 2.24) is 0 Å². The smallest absolute Gasteiger partial charge is 0.857 e. The van der Waals surface area contributed by atoms with Crippen LogP contribution in [0.4, 0.5) is 4.11 Å². The number of halogens is 1. The molecule has 0 aliphatic rings. The molecule has 8 heteroatoms. The van der Waals surface area contributed by atoms with Crippen LogP contribution in [0.3, 0.4) is 0 Å². The van der Waals surface area contributed by atoms with Crippen LogP contribution in [0.5, 0.6) is 0 Å². The van der Waals surface area contributed by atoms with Crippen LogP contribution in [0.25, 0.3) is 0 Å². The third kappa shape index (κ3) is 39.9. The Morgan fingerprint density at radius 2 is 0.875 bits per heavy atom. The summed E-state index contributed by atoms with van der Waals surface area (Å²) in [5, 5.41) is 0. The third-order valence-corrected chi connectivity index (χ3v) is 0. The van der Waals surface area contributed by atoms with Crippen molar-refractivity contribution in [3.05, 3.63) is 0 Å². The Labute approximate surface area is 225 Å². The van der Waals surface area contributed by atoms with Gasteiger partial charge in [-0.15, -0.1) is 0 Å². The second kappa shape index (κ2) is 13.2. The van der Waals surface area contributed by atoms with E-state index in [1.54, 1.807) is 0 Å². The summed E-state index contributed by atoms with van der Waals surface area (Å²) in [6, 6.07) is 0. The van der Waals surface area contributed by atoms with Crippen LogP contribution >= 0.6 is 0 Å². The van der Waals surface area contributed by atoms with E-state index in [0.29, 0.717) is 0 Å². The summed E-state index contributed by atoms with van der Waals surface area (Å²) in [6.07, 6.45) is 0. The molecule has 0 unspecified atom stereocenters. The minimum absolute atomic E-state index is 0. The first-order chi connectivity index (χ1) is 2.00. The molecular weight excluding hydrogens is 494 g/mol. The predicted molar refractivity (Wildman–Crippen MR) is 6.86 cm³/mol. The maximum Gasteiger partial charge on any atom is 1.00 e. The molecule has 8 heavy (non-hydrogen) atoms. The molecule has 0 aromatic carbocycles. The minimum Gasteiger partial charge on any atom is -0.857 e. The molecule has 0 aliphatic carbocycles. The van der Waals surface area contributed by atoms with Crippen LogP contribution in [-0.4, -0.2) is 9.14 Å². The van der Waals surface area contributed by atoms with Crippen LogP contribution < -0.4 is 221 Å². The van der Waals surface area contributed by atoms with Crippen LogP contribution in [0.2, 0.25) is 0 Å². The molecule has 0 aliphatic heterocycles. The van der Waals surface area contributed by atoms with E-state index in [1.165, 1.54) is 0 Å². The molecule has 3 nitrogen and oxygen atoms in total. The molecule has 0 atom stereocenters. The van der Waals surface area contributed by atoms with Crippen LogP contribution in [0, 0.1) is 0 Å². The molecule has 32 valence electrons. The second-order valence-electron chi connectivity index (χ2n) is 0.481. The largest absolute Gasteiger partial charge is 1.00 e. The summed E-state index contributed by atoms with van der Waals surface area (Å²) in [5.74, 6) is 0. The average Bonchev–Trinajstić information content (AvgIpc) is 0.722. The quantitative estimate of drug-likeness (QED) is 0.249. The maximum atomic E-state index is 10.2. The van der Waals surface area contributed by atoms with E-state index in [2.05, 4.69) is 0 Å². The first kappa shape index (κ1) is 23.8. The summed E-state index contributed by atoms with van der Waals surface area (Å²) in [5.41, 5.74) is 0. The molecular formula is Cs3FO3Si. The first-order valence-electron chi connectivity index (χ1n) is 0.801. The average molecular weight is 494 g/mol. The molecule has 0 aromatic rings. The van der Waals surface area contributed by atoms with E-state index >= 15 is 0 Å². The monoisotopic (exact) mass is 494 g/mol. The Bertz CT molecular complexity index is 30.0. The van der Waals surface area contributed by atoms with Gasteiger partial charge in [-0.3, -0.25) is 0 Å². The van der Waals surface area contributed by atoms with Crippen molar-refractivity contribution in [3.63, 3.8) is 0 Å². The number of hydrogen-bond acceptors (Lipinski definition) is 3. The van der Waals surface area contributed by atoms with Crippen molar-refractivity contribution >= 4 is 9.14 Å². The molecule has 0 aromatic heterocycles. The molecule has 0 spiro atoms. The van der Waals surface area contributed by atoms with Crippen LogP contribution in [0.15, 0.2) is 0 Å². The Kier molecular flexibility index (Phi) is 39.2. The molecule has 0 radical (unpaired) electrons. The number of rotatable bonds is 0. The fourth-order valence-electron chi connectivity index (χ4n) is 0.